The van der Waals surface area contributed by atoms with E-state index in [1.54, 1.807) is 13.1 Å². The summed E-state index contributed by atoms with van der Waals surface area (Å²) in [5.74, 6) is 5.88. The summed E-state index contributed by atoms with van der Waals surface area (Å²) in [6.07, 6.45) is 4.00. The number of benzene rings is 1. The van der Waals surface area contributed by atoms with Crippen molar-refractivity contribution in [1.82, 2.24) is 10.3 Å². The average Bonchev–Trinajstić information content (AvgIpc) is 2.59. The van der Waals surface area contributed by atoms with E-state index in [2.05, 4.69) is 16.9 Å². The molecule has 1 aromatic rings. The second-order valence-electron chi connectivity index (χ2n) is 6.13. The van der Waals surface area contributed by atoms with Crippen molar-refractivity contribution in [2.24, 2.45) is 5.84 Å². The van der Waals surface area contributed by atoms with E-state index in [0.717, 1.165) is 17.5 Å². The van der Waals surface area contributed by atoms with Gasteiger partial charge in [-0.05, 0) is 17.5 Å². The summed E-state index contributed by atoms with van der Waals surface area (Å²) in [7, 11) is 1.64. The molecule has 1 aromatic carbocycles. The molecule has 7 heteroatoms. The van der Waals surface area contributed by atoms with Gasteiger partial charge >= 0.3 is 0 Å². The Labute approximate surface area is 160 Å². The van der Waals surface area contributed by atoms with Crippen LogP contribution in [-0.2, 0) is 16.8 Å². The van der Waals surface area contributed by atoms with Crippen LogP contribution in [0.3, 0.4) is 0 Å². The van der Waals surface area contributed by atoms with Crippen molar-refractivity contribution in [3.05, 3.63) is 47.2 Å². The van der Waals surface area contributed by atoms with Crippen molar-refractivity contribution in [3.63, 3.8) is 0 Å². The number of hydrogen-bond donors (Lipinski definition) is 2. The maximum Gasteiger partial charge on any atom is 0.268 e. The van der Waals surface area contributed by atoms with E-state index in [4.69, 9.17) is 5.84 Å². The molecular formula is C18H29ClFN3OS. The first-order valence-corrected chi connectivity index (χ1v) is 9.63. The highest BCUT2D eigenvalue weighted by Gasteiger charge is 2.20. The molecule has 0 radical (unpaired) electrons. The molecule has 0 aromatic heterocycles. The Morgan fingerprint density at radius 1 is 1.36 bits per heavy atom. The average molecular weight is 390 g/mol. The number of halogens is 2. The molecule has 0 saturated carbocycles. The maximum atomic E-state index is 12.5. The van der Waals surface area contributed by atoms with Crippen LogP contribution in [0.5, 0.6) is 0 Å². The Hall–Kier alpha value is -1.24. The Morgan fingerprint density at radius 2 is 1.92 bits per heavy atom. The van der Waals surface area contributed by atoms with Gasteiger partial charge in [-0.2, -0.15) is 3.89 Å². The number of nitrogens with one attached hydrogen (secondary N) is 1. The van der Waals surface area contributed by atoms with Crippen LogP contribution in [0, 0.1) is 0 Å². The molecule has 0 aliphatic heterocycles. The quantitative estimate of drug-likeness (QED) is 0.303. The lowest BCUT2D eigenvalue weighted by Crippen LogP contribution is -2.36. The van der Waals surface area contributed by atoms with Crippen LogP contribution in [0.4, 0.5) is 3.89 Å². The summed E-state index contributed by atoms with van der Waals surface area (Å²) in [5.41, 5.74) is 2.29. The van der Waals surface area contributed by atoms with Gasteiger partial charge in [-0.1, -0.05) is 51.1 Å². The Balaban J connectivity index is 0.00000277. The number of rotatable bonds is 8. The summed E-state index contributed by atoms with van der Waals surface area (Å²) in [4.78, 5) is 12.1. The summed E-state index contributed by atoms with van der Waals surface area (Å²) >= 11 is 4.99. The molecule has 0 spiro atoms. The number of alkyl halides is 1. The molecule has 0 saturated heterocycles. The van der Waals surface area contributed by atoms with E-state index in [1.165, 1.54) is 11.4 Å². The van der Waals surface area contributed by atoms with Crippen LogP contribution in [0.2, 0.25) is 0 Å². The second kappa shape index (κ2) is 12.2. The minimum atomic E-state index is -0.222. The SMILES string of the molecule is CC/C=C(/C(=O)NCc1ccc(C(C)(C)CSF)cc1)N(C)N.CCl. The van der Waals surface area contributed by atoms with Gasteiger partial charge in [0.1, 0.15) is 5.70 Å². The summed E-state index contributed by atoms with van der Waals surface area (Å²) in [6.45, 7) is 6.39. The molecule has 3 N–H and O–H groups in total. The lowest BCUT2D eigenvalue weighted by atomic mass is 9.86. The number of nitrogens with zero attached hydrogens (tertiary/aromatic N) is 1. The third kappa shape index (κ3) is 8.12. The number of nitrogens with two attached hydrogens (primary N) is 1. The van der Waals surface area contributed by atoms with Crippen LogP contribution < -0.4 is 11.2 Å². The van der Waals surface area contributed by atoms with E-state index in [9.17, 15) is 8.68 Å². The summed E-state index contributed by atoms with van der Waals surface area (Å²) in [6, 6.07) is 7.87. The maximum absolute atomic E-state index is 12.5. The first-order valence-electron chi connectivity index (χ1n) is 7.99. The first-order chi connectivity index (χ1) is 11.8. The normalized spacial score (nSPS) is 11.4. The zero-order valence-corrected chi connectivity index (χ0v) is 17.2. The standard InChI is InChI=1S/C17H26FN3OS.CH3Cl/c1-5-6-15(21(4)19)16(22)20-11-13-7-9-14(10-8-13)17(2,3)12-23-18;1-2/h6-10H,5,11-12,19H2,1-4H3,(H,20,22);1H3/b15-6-;. The Bertz CT molecular complexity index is 548. The van der Waals surface area contributed by atoms with Gasteiger partial charge in [0, 0.05) is 43.3 Å². The fourth-order valence-corrected chi connectivity index (χ4v) is 2.60. The highest BCUT2D eigenvalue weighted by atomic mass is 35.5. The fourth-order valence-electron chi connectivity index (χ4n) is 2.16. The van der Waals surface area contributed by atoms with E-state index in [1.807, 2.05) is 45.0 Å². The van der Waals surface area contributed by atoms with Crippen LogP contribution in [-0.4, -0.2) is 30.1 Å². The molecule has 0 aliphatic rings. The number of amides is 1. The molecule has 0 unspecified atom stereocenters. The van der Waals surface area contributed by atoms with Crippen LogP contribution in [0.25, 0.3) is 0 Å². The molecular weight excluding hydrogens is 361 g/mol. The minimum Gasteiger partial charge on any atom is -0.347 e. The number of carbonyl (C=O) groups is 1. The molecule has 1 amide bonds. The van der Waals surface area contributed by atoms with Crippen molar-refractivity contribution in [2.45, 2.75) is 39.2 Å². The predicted octanol–water partition coefficient (Wildman–Crippen LogP) is 4.15. The molecule has 1 rings (SSSR count). The van der Waals surface area contributed by atoms with E-state index in [-0.39, 0.29) is 11.3 Å². The van der Waals surface area contributed by atoms with Crippen molar-refractivity contribution in [2.75, 3.05) is 19.2 Å². The monoisotopic (exact) mass is 389 g/mol. The van der Waals surface area contributed by atoms with Gasteiger partial charge < -0.3 is 10.3 Å². The van der Waals surface area contributed by atoms with E-state index < -0.39 is 0 Å². The van der Waals surface area contributed by atoms with Crippen molar-refractivity contribution < 1.29 is 8.68 Å². The third-order valence-corrected chi connectivity index (χ3v) is 4.44. The Morgan fingerprint density at radius 3 is 2.36 bits per heavy atom. The smallest absolute Gasteiger partial charge is 0.268 e. The first kappa shape index (κ1) is 23.8. The molecule has 25 heavy (non-hydrogen) atoms. The molecule has 142 valence electrons. The number of hydrogen-bond acceptors (Lipinski definition) is 4. The minimum absolute atomic E-state index is 0.199. The summed E-state index contributed by atoms with van der Waals surface area (Å²) < 4.78 is 12.5. The third-order valence-electron chi connectivity index (χ3n) is 3.61. The zero-order valence-electron chi connectivity index (χ0n) is 15.6. The molecule has 4 nitrogen and oxygen atoms in total. The number of hydrazine groups is 1. The number of allylic oxidation sites excluding steroid dienone is 1. The van der Waals surface area contributed by atoms with Gasteiger partial charge in [0.15, 0.2) is 0 Å². The number of carbonyl (C=O) groups excluding carboxylic acids is 1. The lowest BCUT2D eigenvalue weighted by molar-refractivity contribution is -0.119. The van der Waals surface area contributed by atoms with Crippen LogP contribution in [0.1, 0.15) is 38.3 Å². The van der Waals surface area contributed by atoms with Gasteiger partial charge in [0.25, 0.3) is 5.91 Å². The zero-order chi connectivity index (χ0) is 19.5. The molecule has 0 fully saturated rings. The Kier molecular flexibility index (Phi) is 11.6. The topological polar surface area (TPSA) is 58.4 Å². The van der Waals surface area contributed by atoms with Crippen molar-refractivity contribution in [3.8, 4) is 0 Å². The fraction of sp³-hybridized carbons (Fsp3) is 0.500. The lowest BCUT2D eigenvalue weighted by Gasteiger charge is -2.23. The van der Waals surface area contributed by atoms with Crippen LogP contribution >= 0.6 is 23.7 Å². The molecule has 0 aliphatic carbocycles. The molecule has 0 bridgehead atoms. The summed E-state index contributed by atoms with van der Waals surface area (Å²) in [5, 5.41) is 4.17. The highest BCUT2D eigenvalue weighted by molar-refractivity contribution is 7.94. The molecule has 0 atom stereocenters. The van der Waals surface area contributed by atoms with E-state index in [0.29, 0.717) is 30.1 Å². The number of likely N-dealkylation sites (N-methyl/N-ethyl adjacent to an activating group) is 1. The van der Waals surface area contributed by atoms with Crippen molar-refractivity contribution >= 4 is 29.7 Å². The van der Waals surface area contributed by atoms with E-state index >= 15 is 0 Å². The van der Waals surface area contributed by atoms with Gasteiger partial charge in [-0.3, -0.25) is 4.79 Å². The molecule has 0 heterocycles. The largest absolute Gasteiger partial charge is 0.347 e. The van der Waals surface area contributed by atoms with Crippen molar-refractivity contribution in [1.29, 1.82) is 0 Å². The predicted molar refractivity (Wildman–Crippen MR) is 107 cm³/mol. The van der Waals surface area contributed by atoms with Gasteiger partial charge in [0.05, 0.1) is 0 Å². The van der Waals surface area contributed by atoms with Gasteiger partial charge in [-0.25, -0.2) is 5.84 Å². The highest BCUT2D eigenvalue weighted by Crippen LogP contribution is 2.28. The van der Waals surface area contributed by atoms with Gasteiger partial charge in [-0.15, -0.1) is 11.6 Å². The second-order valence-corrected chi connectivity index (χ2v) is 6.63. The van der Waals surface area contributed by atoms with Crippen LogP contribution in [0.15, 0.2) is 36.0 Å². The van der Waals surface area contributed by atoms with Gasteiger partial charge in [0.2, 0.25) is 0 Å².